The highest BCUT2D eigenvalue weighted by Crippen LogP contribution is 2.38. The molecule has 0 atom stereocenters. The van der Waals surface area contributed by atoms with E-state index in [4.69, 9.17) is 9.47 Å². The summed E-state index contributed by atoms with van der Waals surface area (Å²) in [6, 6.07) is 8.10. The van der Waals surface area contributed by atoms with Crippen LogP contribution in [0.5, 0.6) is 5.75 Å². The Balaban J connectivity index is 1.26. The summed E-state index contributed by atoms with van der Waals surface area (Å²) in [4.78, 5) is 12.7. The molecule has 2 fully saturated rings. The number of carbonyl (C=O) groups is 1. The van der Waals surface area contributed by atoms with Crippen molar-refractivity contribution in [3.05, 3.63) is 64.5 Å². The molecule has 0 spiro atoms. The zero-order chi connectivity index (χ0) is 27.8. The predicted octanol–water partition coefficient (Wildman–Crippen LogP) is 9.63. The van der Waals surface area contributed by atoms with Crippen molar-refractivity contribution in [1.29, 1.82) is 0 Å². The van der Waals surface area contributed by atoms with Crippen molar-refractivity contribution in [3.8, 4) is 5.75 Å². The zero-order valence-corrected chi connectivity index (χ0v) is 23.5. The van der Waals surface area contributed by atoms with Gasteiger partial charge in [0.15, 0.2) is 23.2 Å². The molecule has 0 radical (unpaired) electrons. The van der Waals surface area contributed by atoms with E-state index in [1.807, 2.05) is 6.07 Å². The highest BCUT2D eigenvalue weighted by molar-refractivity contribution is 5.90. The number of ether oxygens (including phenoxy) is 2. The third kappa shape index (κ3) is 7.79. The normalized spacial score (nSPS) is 23.4. The van der Waals surface area contributed by atoms with Crippen LogP contribution in [0.3, 0.4) is 0 Å². The van der Waals surface area contributed by atoms with E-state index in [0.29, 0.717) is 30.9 Å². The molecule has 0 N–H and O–H groups in total. The molecular formula is C33H43F3O3. The van der Waals surface area contributed by atoms with Crippen LogP contribution in [0.1, 0.15) is 131 Å². The number of unbranched alkanes of at least 4 members (excludes halogenated alkanes) is 4. The van der Waals surface area contributed by atoms with Crippen LogP contribution in [0.4, 0.5) is 13.2 Å². The summed E-state index contributed by atoms with van der Waals surface area (Å²) in [5, 5.41) is 0. The van der Waals surface area contributed by atoms with Crippen molar-refractivity contribution in [2.75, 3.05) is 6.61 Å². The lowest BCUT2D eigenvalue weighted by atomic mass is 9.79. The van der Waals surface area contributed by atoms with Crippen LogP contribution in [-0.4, -0.2) is 18.7 Å². The lowest BCUT2D eigenvalue weighted by Gasteiger charge is -2.29. The Kier molecular flexibility index (Phi) is 10.8. The molecule has 6 heteroatoms. The molecule has 214 valence electrons. The second-order valence-corrected chi connectivity index (χ2v) is 11.6. The van der Waals surface area contributed by atoms with Gasteiger partial charge in [0.25, 0.3) is 0 Å². The first-order valence-corrected chi connectivity index (χ1v) is 15.0. The van der Waals surface area contributed by atoms with Crippen LogP contribution in [0.25, 0.3) is 0 Å². The SMILES string of the molecule is CCCCCCCOc1ccc(C2CCC(OC(=O)c3ccc(C4CCC(C)CC4)c(F)c3F)CC2)cc1F. The van der Waals surface area contributed by atoms with Gasteiger partial charge in [0.2, 0.25) is 0 Å². The van der Waals surface area contributed by atoms with Crippen molar-refractivity contribution in [2.24, 2.45) is 5.92 Å². The molecule has 0 heterocycles. The van der Waals surface area contributed by atoms with Crippen molar-refractivity contribution in [1.82, 2.24) is 0 Å². The fourth-order valence-electron chi connectivity index (χ4n) is 6.11. The zero-order valence-electron chi connectivity index (χ0n) is 23.5. The van der Waals surface area contributed by atoms with E-state index in [0.717, 1.165) is 56.9 Å². The summed E-state index contributed by atoms with van der Waals surface area (Å²) in [5.74, 6) is -2.14. The number of carbonyl (C=O) groups excluding carboxylic acids is 1. The standard InChI is InChI=1S/C33H43F3O3/c1-3-4-5-6-7-20-38-30-19-14-25(21-29(30)34)23-12-15-26(16-13-23)39-33(37)28-18-17-27(31(35)32(28)36)24-10-8-22(2)9-11-24/h14,17-19,21-24,26H,3-13,15-16,20H2,1-2H3. The number of benzene rings is 2. The Morgan fingerprint density at radius 3 is 2.21 bits per heavy atom. The van der Waals surface area contributed by atoms with Gasteiger partial charge in [-0.3, -0.25) is 0 Å². The van der Waals surface area contributed by atoms with E-state index in [9.17, 15) is 18.0 Å². The van der Waals surface area contributed by atoms with Gasteiger partial charge in [-0.1, -0.05) is 64.5 Å². The van der Waals surface area contributed by atoms with Gasteiger partial charge in [-0.15, -0.1) is 0 Å². The van der Waals surface area contributed by atoms with E-state index in [-0.39, 0.29) is 35.1 Å². The van der Waals surface area contributed by atoms with Crippen LogP contribution >= 0.6 is 0 Å². The molecule has 2 aromatic rings. The van der Waals surface area contributed by atoms with Crippen molar-refractivity contribution < 1.29 is 27.4 Å². The average Bonchev–Trinajstić information content (AvgIpc) is 2.94. The van der Waals surface area contributed by atoms with Crippen LogP contribution in [0.2, 0.25) is 0 Å². The molecule has 2 aliphatic carbocycles. The number of esters is 1. The highest BCUT2D eigenvalue weighted by Gasteiger charge is 2.29. The first-order chi connectivity index (χ1) is 18.9. The minimum Gasteiger partial charge on any atom is -0.491 e. The topological polar surface area (TPSA) is 35.5 Å². The van der Waals surface area contributed by atoms with Crippen molar-refractivity contribution in [2.45, 2.75) is 115 Å². The molecule has 2 aromatic carbocycles. The Morgan fingerprint density at radius 1 is 0.821 bits per heavy atom. The maximum absolute atomic E-state index is 14.9. The first-order valence-electron chi connectivity index (χ1n) is 15.0. The van der Waals surface area contributed by atoms with Gasteiger partial charge in [0, 0.05) is 0 Å². The second-order valence-electron chi connectivity index (χ2n) is 11.6. The fraction of sp³-hybridized carbons (Fsp3) is 0.606. The first kappa shape index (κ1) is 29.5. The number of halogens is 3. The molecule has 0 aliphatic heterocycles. The third-order valence-corrected chi connectivity index (χ3v) is 8.67. The number of hydrogen-bond acceptors (Lipinski definition) is 3. The minimum atomic E-state index is -1.11. The molecule has 39 heavy (non-hydrogen) atoms. The molecule has 0 saturated heterocycles. The smallest absolute Gasteiger partial charge is 0.341 e. The van der Waals surface area contributed by atoms with Crippen LogP contribution in [0, 0.1) is 23.4 Å². The monoisotopic (exact) mass is 544 g/mol. The largest absolute Gasteiger partial charge is 0.491 e. The molecule has 0 bridgehead atoms. The molecule has 0 aromatic heterocycles. The lowest BCUT2D eigenvalue weighted by Crippen LogP contribution is -2.25. The highest BCUT2D eigenvalue weighted by atomic mass is 19.2. The molecule has 0 amide bonds. The lowest BCUT2D eigenvalue weighted by molar-refractivity contribution is 0.0189. The molecule has 2 saturated carbocycles. The summed E-state index contributed by atoms with van der Waals surface area (Å²) in [6.07, 6.45) is 11.5. The van der Waals surface area contributed by atoms with Crippen molar-refractivity contribution in [3.63, 3.8) is 0 Å². The summed E-state index contributed by atoms with van der Waals surface area (Å²) in [6.45, 7) is 4.87. The van der Waals surface area contributed by atoms with Gasteiger partial charge in [-0.05, 0) is 92.0 Å². The van der Waals surface area contributed by atoms with E-state index < -0.39 is 17.6 Å². The van der Waals surface area contributed by atoms with Gasteiger partial charge in [0.1, 0.15) is 6.10 Å². The van der Waals surface area contributed by atoms with Crippen LogP contribution in [-0.2, 0) is 4.74 Å². The van der Waals surface area contributed by atoms with Gasteiger partial charge >= 0.3 is 5.97 Å². The molecule has 3 nitrogen and oxygen atoms in total. The van der Waals surface area contributed by atoms with E-state index in [1.165, 1.54) is 25.3 Å². The Labute approximate surface area is 231 Å². The Bertz CT molecular complexity index is 1090. The number of hydrogen-bond donors (Lipinski definition) is 0. The van der Waals surface area contributed by atoms with E-state index in [2.05, 4.69) is 13.8 Å². The molecule has 2 aliphatic rings. The Morgan fingerprint density at radius 2 is 1.51 bits per heavy atom. The second kappa shape index (κ2) is 14.2. The Hall–Kier alpha value is -2.50. The van der Waals surface area contributed by atoms with E-state index in [1.54, 1.807) is 18.2 Å². The minimum absolute atomic E-state index is 0.00272. The maximum Gasteiger partial charge on any atom is 0.341 e. The third-order valence-electron chi connectivity index (χ3n) is 8.67. The van der Waals surface area contributed by atoms with Crippen molar-refractivity contribution >= 4 is 5.97 Å². The quantitative estimate of drug-likeness (QED) is 0.209. The molecule has 4 rings (SSSR count). The fourth-order valence-corrected chi connectivity index (χ4v) is 6.11. The van der Waals surface area contributed by atoms with Gasteiger partial charge in [-0.25, -0.2) is 18.0 Å². The summed E-state index contributed by atoms with van der Waals surface area (Å²) < 4.78 is 55.6. The predicted molar refractivity (Wildman–Crippen MR) is 148 cm³/mol. The summed E-state index contributed by atoms with van der Waals surface area (Å²) in [5.41, 5.74) is 0.936. The van der Waals surface area contributed by atoms with Gasteiger partial charge in [0.05, 0.1) is 12.2 Å². The molecular weight excluding hydrogens is 501 g/mol. The van der Waals surface area contributed by atoms with Crippen LogP contribution < -0.4 is 4.74 Å². The summed E-state index contributed by atoms with van der Waals surface area (Å²) in [7, 11) is 0. The number of rotatable bonds is 11. The van der Waals surface area contributed by atoms with Gasteiger partial charge in [-0.2, -0.15) is 0 Å². The maximum atomic E-state index is 14.9. The van der Waals surface area contributed by atoms with E-state index >= 15 is 0 Å². The molecule has 0 unspecified atom stereocenters. The van der Waals surface area contributed by atoms with Crippen LogP contribution in [0.15, 0.2) is 30.3 Å². The van der Waals surface area contributed by atoms with Gasteiger partial charge < -0.3 is 9.47 Å². The summed E-state index contributed by atoms with van der Waals surface area (Å²) >= 11 is 0. The average molecular weight is 545 g/mol.